The molecular formula is C15H19N3O3. The first-order valence-corrected chi connectivity index (χ1v) is 6.61. The number of hydrazine groups is 1. The Labute approximate surface area is 124 Å². The number of benzene rings is 1. The van der Waals surface area contributed by atoms with Gasteiger partial charge in [-0.15, -0.1) is 0 Å². The van der Waals surface area contributed by atoms with Gasteiger partial charge in [0, 0.05) is 19.7 Å². The van der Waals surface area contributed by atoms with E-state index in [0.29, 0.717) is 12.8 Å². The number of urea groups is 1. The third-order valence-electron chi connectivity index (χ3n) is 2.79. The van der Waals surface area contributed by atoms with Gasteiger partial charge in [-0.3, -0.25) is 14.7 Å². The summed E-state index contributed by atoms with van der Waals surface area (Å²) in [6.45, 7) is 1.85. The van der Waals surface area contributed by atoms with E-state index in [2.05, 4.69) is 5.43 Å². The van der Waals surface area contributed by atoms with Gasteiger partial charge in [-0.25, -0.2) is 10.2 Å². The molecule has 0 aliphatic heterocycles. The highest BCUT2D eigenvalue weighted by atomic mass is 16.2. The highest BCUT2D eigenvalue weighted by Crippen LogP contribution is 2.03. The first-order chi connectivity index (χ1) is 10.1. The van der Waals surface area contributed by atoms with Crippen LogP contribution in [-0.4, -0.2) is 48.3 Å². The molecule has 0 saturated heterocycles. The molecule has 0 fully saturated rings. The number of hydrogen-bond acceptors (Lipinski definition) is 4. The summed E-state index contributed by atoms with van der Waals surface area (Å²) in [6, 6.07) is 8.67. The van der Waals surface area contributed by atoms with Crippen LogP contribution >= 0.6 is 0 Å². The number of imide groups is 1. The highest BCUT2D eigenvalue weighted by molar-refractivity contribution is 6.03. The van der Waals surface area contributed by atoms with Gasteiger partial charge in [0.25, 0.3) is 5.91 Å². The van der Waals surface area contributed by atoms with Crippen LogP contribution in [0.25, 0.3) is 6.08 Å². The van der Waals surface area contributed by atoms with E-state index in [1.54, 1.807) is 20.0 Å². The SMILES string of the molecule is CCN(NC)C(=O)N(CC=O)C(=O)C=Cc1ccccc1. The fourth-order valence-corrected chi connectivity index (χ4v) is 1.69. The van der Waals surface area contributed by atoms with Crippen molar-refractivity contribution in [2.24, 2.45) is 0 Å². The summed E-state index contributed by atoms with van der Waals surface area (Å²) in [4.78, 5) is 35.8. The number of carbonyl (C=O) groups excluding carboxylic acids is 3. The maximum Gasteiger partial charge on any atom is 0.341 e. The second kappa shape index (κ2) is 8.65. The predicted octanol–water partition coefficient (Wildman–Crippen LogP) is 1.30. The molecule has 1 aromatic carbocycles. The normalized spacial score (nSPS) is 10.4. The lowest BCUT2D eigenvalue weighted by atomic mass is 10.2. The van der Waals surface area contributed by atoms with Crippen LogP contribution in [0.4, 0.5) is 4.79 Å². The van der Waals surface area contributed by atoms with Crippen molar-refractivity contribution < 1.29 is 14.4 Å². The van der Waals surface area contributed by atoms with Crippen LogP contribution in [0.1, 0.15) is 12.5 Å². The smallest absolute Gasteiger partial charge is 0.301 e. The molecule has 0 bridgehead atoms. The molecule has 0 aliphatic rings. The standard InChI is InChI=1S/C15H19N3O3/c1-3-18(16-2)15(21)17(11-12-19)14(20)10-9-13-7-5-4-6-8-13/h4-10,12,16H,3,11H2,1-2H3. The molecular weight excluding hydrogens is 270 g/mol. The number of carbonyl (C=O) groups is 3. The Morgan fingerprint density at radius 1 is 1.24 bits per heavy atom. The van der Waals surface area contributed by atoms with Crippen molar-refractivity contribution >= 4 is 24.3 Å². The first kappa shape index (κ1) is 16.6. The fourth-order valence-electron chi connectivity index (χ4n) is 1.69. The lowest BCUT2D eigenvalue weighted by Gasteiger charge is -2.25. The van der Waals surface area contributed by atoms with Crippen LogP contribution in [0, 0.1) is 0 Å². The van der Waals surface area contributed by atoms with Gasteiger partial charge in [-0.1, -0.05) is 30.3 Å². The molecule has 0 atom stereocenters. The minimum absolute atomic E-state index is 0.283. The predicted molar refractivity (Wildman–Crippen MR) is 80.1 cm³/mol. The van der Waals surface area contributed by atoms with E-state index in [0.717, 1.165) is 10.5 Å². The van der Waals surface area contributed by atoms with Gasteiger partial charge in [-0.2, -0.15) is 0 Å². The fraction of sp³-hybridized carbons (Fsp3) is 0.267. The Hall–Kier alpha value is -2.47. The van der Waals surface area contributed by atoms with E-state index >= 15 is 0 Å². The van der Waals surface area contributed by atoms with Gasteiger partial charge in [-0.05, 0) is 18.6 Å². The van der Waals surface area contributed by atoms with E-state index < -0.39 is 11.9 Å². The molecule has 0 aromatic heterocycles. The zero-order chi connectivity index (χ0) is 15.7. The molecule has 0 saturated carbocycles. The average Bonchev–Trinajstić information content (AvgIpc) is 2.52. The van der Waals surface area contributed by atoms with E-state index in [9.17, 15) is 14.4 Å². The first-order valence-electron chi connectivity index (χ1n) is 6.61. The Balaban J connectivity index is 2.85. The molecule has 6 nitrogen and oxygen atoms in total. The maximum absolute atomic E-state index is 12.1. The number of aldehydes is 1. The largest absolute Gasteiger partial charge is 0.341 e. The third-order valence-corrected chi connectivity index (χ3v) is 2.79. The Morgan fingerprint density at radius 2 is 1.90 bits per heavy atom. The summed E-state index contributed by atoms with van der Waals surface area (Å²) in [6.07, 6.45) is 3.40. The maximum atomic E-state index is 12.1. The summed E-state index contributed by atoms with van der Waals surface area (Å²) >= 11 is 0. The van der Waals surface area contributed by atoms with Crippen LogP contribution in [0.15, 0.2) is 36.4 Å². The Kier molecular flexibility index (Phi) is 6.83. The third kappa shape index (κ3) is 4.85. The van der Waals surface area contributed by atoms with Crippen molar-refractivity contribution in [3.05, 3.63) is 42.0 Å². The number of nitrogens with zero attached hydrogens (tertiary/aromatic N) is 2. The Morgan fingerprint density at radius 3 is 2.43 bits per heavy atom. The molecule has 0 aliphatic carbocycles. The second-order valence-corrected chi connectivity index (χ2v) is 4.11. The summed E-state index contributed by atoms with van der Waals surface area (Å²) in [5.74, 6) is -0.537. The molecule has 1 N–H and O–H groups in total. The minimum Gasteiger partial charge on any atom is -0.301 e. The molecule has 1 rings (SSSR count). The number of amides is 3. The zero-order valence-corrected chi connectivity index (χ0v) is 12.2. The van der Waals surface area contributed by atoms with Crippen molar-refractivity contribution in [1.82, 2.24) is 15.3 Å². The quantitative estimate of drug-likeness (QED) is 0.487. The molecule has 6 heteroatoms. The van der Waals surface area contributed by atoms with Gasteiger partial charge in [0.2, 0.25) is 0 Å². The van der Waals surface area contributed by atoms with Crippen LogP contribution < -0.4 is 5.43 Å². The summed E-state index contributed by atoms with van der Waals surface area (Å²) in [5.41, 5.74) is 3.51. The molecule has 0 spiro atoms. The van der Waals surface area contributed by atoms with Gasteiger partial charge >= 0.3 is 6.03 Å². The number of rotatable bonds is 6. The molecule has 112 valence electrons. The lowest BCUT2D eigenvalue weighted by molar-refractivity contribution is -0.126. The summed E-state index contributed by atoms with van der Waals surface area (Å²) in [7, 11) is 1.57. The van der Waals surface area contributed by atoms with E-state index in [-0.39, 0.29) is 6.54 Å². The molecule has 0 radical (unpaired) electrons. The van der Waals surface area contributed by atoms with Gasteiger partial charge in [0.1, 0.15) is 6.29 Å². The minimum atomic E-state index is -0.560. The molecule has 3 amide bonds. The van der Waals surface area contributed by atoms with E-state index in [1.165, 1.54) is 11.1 Å². The van der Waals surface area contributed by atoms with Gasteiger partial charge in [0.15, 0.2) is 0 Å². The van der Waals surface area contributed by atoms with Crippen molar-refractivity contribution in [2.45, 2.75) is 6.92 Å². The second-order valence-electron chi connectivity index (χ2n) is 4.11. The van der Waals surface area contributed by atoms with Gasteiger partial charge < -0.3 is 4.79 Å². The topological polar surface area (TPSA) is 69.7 Å². The van der Waals surface area contributed by atoms with Gasteiger partial charge in [0.05, 0.1) is 6.54 Å². The summed E-state index contributed by atoms with van der Waals surface area (Å²) < 4.78 is 0. The molecule has 1 aromatic rings. The lowest BCUT2D eigenvalue weighted by Crippen LogP contribution is -2.50. The monoisotopic (exact) mass is 289 g/mol. The Bertz CT molecular complexity index is 510. The summed E-state index contributed by atoms with van der Waals surface area (Å²) in [5, 5.41) is 1.25. The number of nitrogens with one attached hydrogen (secondary N) is 1. The van der Waals surface area contributed by atoms with E-state index in [4.69, 9.17) is 0 Å². The van der Waals surface area contributed by atoms with E-state index in [1.807, 2.05) is 30.3 Å². The van der Waals surface area contributed by atoms with Crippen LogP contribution in [-0.2, 0) is 9.59 Å². The highest BCUT2D eigenvalue weighted by Gasteiger charge is 2.23. The van der Waals surface area contributed by atoms with Crippen LogP contribution in [0.2, 0.25) is 0 Å². The van der Waals surface area contributed by atoms with Crippen LogP contribution in [0.5, 0.6) is 0 Å². The van der Waals surface area contributed by atoms with Crippen molar-refractivity contribution in [2.75, 3.05) is 20.1 Å². The number of hydrogen-bond donors (Lipinski definition) is 1. The van der Waals surface area contributed by atoms with Crippen molar-refractivity contribution in [3.63, 3.8) is 0 Å². The van der Waals surface area contributed by atoms with Crippen molar-refractivity contribution in [1.29, 1.82) is 0 Å². The average molecular weight is 289 g/mol. The van der Waals surface area contributed by atoms with Crippen LogP contribution in [0.3, 0.4) is 0 Å². The molecule has 0 heterocycles. The van der Waals surface area contributed by atoms with Crippen molar-refractivity contribution in [3.8, 4) is 0 Å². The zero-order valence-electron chi connectivity index (χ0n) is 12.2. The molecule has 0 unspecified atom stereocenters. The molecule has 21 heavy (non-hydrogen) atoms.